The molecule has 0 atom stereocenters. The molecule has 0 amide bonds. The van der Waals surface area contributed by atoms with Gasteiger partial charge in [0.1, 0.15) is 0 Å². The number of benzene rings is 3. The van der Waals surface area contributed by atoms with Crippen LogP contribution in [0.4, 0.5) is 0 Å². The van der Waals surface area contributed by atoms with Crippen LogP contribution in [0.15, 0.2) is 72.8 Å². The Hall–Kier alpha value is -2.34. The minimum Gasteiger partial charge on any atom is -0.0654 e. The summed E-state index contributed by atoms with van der Waals surface area (Å²) in [6.07, 6.45) is 24.9. The molecule has 0 aromatic heterocycles. The average Bonchev–Trinajstić information content (AvgIpc) is 3.05. The van der Waals surface area contributed by atoms with Crippen molar-refractivity contribution in [2.24, 2.45) is 11.8 Å². The molecule has 226 valence electrons. The molecule has 2 saturated carbocycles. The first kappa shape index (κ1) is 31.1. The molecule has 5 rings (SSSR count). The molecule has 0 unspecified atom stereocenters. The molecule has 3 aromatic carbocycles. The van der Waals surface area contributed by atoms with Gasteiger partial charge >= 0.3 is 0 Å². The van der Waals surface area contributed by atoms with E-state index in [0.29, 0.717) is 0 Å². The van der Waals surface area contributed by atoms with Gasteiger partial charge in [0.25, 0.3) is 0 Å². The molecule has 2 aliphatic carbocycles. The molecule has 0 nitrogen and oxygen atoms in total. The zero-order valence-corrected chi connectivity index (χ0v) is 27.0. The van der Waals surface area contributed by atoms with Crippen LogP contribution in [0, 0.1) is 11.8 Å². The van der Waals surface area contributed by atoms with E-state index in [-0.39, 0.29) is 0 Å². The van der Waals surface area contributed by atoms with Crippen molar-refractivity contribution in [3.63, 3.8) is 0 Å². The molecular formula is C42H58. The van der Waals surface area contributed by atoms with Gasteiger partial charge in [-0.3, -0.25) is 0 Å². The molecule has 0 bridgehead atoms. The van der Waals surface area contributed by atoms with Crippen LogP contribution in [-0.2, 0) is 12.8 Å². The zero-order valence-electron chi connectivity index (χ0n) is 27.0. The quantitative estimate of drug-likeness (QED) is 0.171. The van der Waals surface area contributed by atoms with Crippen LogP contribution in [0.25, 0.3) is 11.1 Å². The van der Waals surface area contributed by atoms with Crippen molar-refractivity contribution in [3.8, 4) is 11.1 Å². The highest BCUT2D eigenvalue weighted by Crippen LogP contribution is 2.39. The summed E-state index contributed by atoms with van der Waals surface area (Å²) in [5, 5.41) is 0. The standard InChI is InChI=1S/C42H58/c1-3-5-7-9-33-13-21-37(22-14-33)38-25-17-35(18-26-38)11-12-36-19-27-40(28-20-36)42-31-29-41(30-32-42)39-23-15-34(16-24-39)10-8-6-4-2/h17-20,25-34,37,39H,3-16,21-24H2,1-2H3/t33-,34-,37-,39-. The lowest BCUT2D eigenvalue weighted by Crippen LogP contribution is -2.13. The van der Waals surface area contributed by atoms with Crippen LogP contribution < -0.4 is 0 Å². The van der Waals surface area contributed by atoms with Crippen molar-refractivity contribution in [1.82, 2.24) is 0 Å². The van der Waals surface area contributed by atoms with Crippen molar-refractivity contribution in [1.29, 1.82) is 0 Å². The fourth-order valence-corrected chi connectivity index (χ4v) is 7.99. The molecule has 0 heteroatoms. The van der Waals surface area contributed by atoms with Gasteiger partial charge in [0.05, 0.1) is 0 Å². The normalized spacial score (nSPS) is 22.7. The highest BCUT2D eigenvalue weighted by Gasteiger charge is 2.23. The monoisotopic (exact) mass is 562 g/mol. The maximum atomic E-state index is 2.43. The van der Waals surface area contributed by atoms with Crippen LogP contribution in [0.1, 0.15) is 151 Å². The third-order valence-electron chi connectivity index (χ3n) is 10.9. The number of unbranched alkanes of at least 4 members (excludes halogenated alkanes) is 4. The van der Waals surface area contributed by atoms with Crippen LogP contribution >= 0.6 is 0 Å². The lowest BCUT2D eigenvalue weighted by molar-refractivity contribution is 0.303. The fraction of sp³-hybridized carbons (Fsp3) is 0.571. The first-order valence-electron chi connectivity index (χ1n) is 18.0. The van der Waals surface area contributed by atoms with Gasteiger partial charge in [-0.05, 0) is 121 Å². The molecule has 2 fully saturated rings. The number of hydrogen-bond donors (Lipinski definition) is 0. The second-order valence-electron chi connectivity index (χ2n) is 14.0. The van der Waals surface area contributed by atoms with Gasteiger partial charge in [0, 0.05) is 0 Å². The summed E-state index contributed by atoms with van der Waals surface area (Å²) in [5.41, 5.74) is 8.75. The van der Waals surface area contributed by atoms with Gasteiger partial charge in [-0.1, -0.05) is 138 Å². The second-order valence-corrected chi connectivity index (χ2v) is 14.0. The summed E-state index contributed by atoms with van der Waals surface area (Å²) in [7, 11) is 0. The summed E-state index contributed by atoms with van der Waals surface area (Å²) in [6.45, 7) is 4.63. The Morgan fingerprint density at radius 2 is 0.786 bits per heavy atom. The van der Waals surface area contributed by atoms with E-state index < -0.39 is 0 Å². The van der Waals surface area contributed by atoms with Crippen molar-refractivity contribution in [2.45, 2.75) is 141 Å². The maximum Gasteiger partial charge on any atom is -0.0162 e. The van der Waals surface area contributed by atoms with E-state index in [4.69, 9.17) is 0 Å². The smallest absolute Gasteiger partial charge is 0.0162 e. The molecule has 0 aliphatic heterocycles. The van der Waals surface area contributed by atoms with E-state index in [1.54, 1.807) is 11.1 Å². The molecule has 2 aliphatic rings. The van der Waals surface area contributed by atoms with Crippen molar-refractivity contribution < 1.29 is 0 Å². The minimum absolute atomic E-state index is 0.772. The molecule has 0 spiro atoms. The van der Waals surface area contributed by atoms with E-state index in [0.717, 1.165) is 36.5 Å². The lowest BCUT2D eigenvalue weighted by atomic mass is 9.77. The third kappa shape index (κ3) is 9.08. The predicted octanol–water partition coefficient (Wildman–Crippen LogP) is 12.8. The van der Waals surface area contributed by atoms with E-state index in [1.165, 1.54) is 125 Å². The van der Waals surface area contributed by atoms with Crippen molar-refractivity contribution in [2.75, 3.05) is 0 Å². The highest BCUT2D eigenvalue weighted by molar-refractivity contribution is 5.64. The van der Waals surface area contributed by atoms with E-state index >= 15 is 0 Å². The third-order valence-corrected chi connectivity index (χ3v) is 10.9. The number of aryl methyl sites for hydroxylation is 2. The van der Waals surface area contributed by atoms with Gasteiger partial charge in [-0.2, -0.15) is 0 Å². The molecule has 0 radical (unpaired) electrons. The van der Waals surface area contributed by atoms with Crippen LogP contribution in [-0.4, -0.2) is 0 Å². The molecule has 0 heterocycles. The van der Waals surface area contributed by atoms with E-state index in [1.807, 2.05) is 0 Å². The maximum absolute atomic E-state index is 2.43. The summed E-state index contributed by atoms with van der Waals surface area (Å²) in [5.74, 6) is 3.54. The van der Waals surface area contributed by atoms with Gasteiger partial charge in [-0.15, -0.1) is 0 Å². The Morgan fingerprint density at radius 3 is 1.19 bits per heavy atom. The summed E-state index contributed by atoms with van der Waals surface area (Å²) < 4.78 is 0. The Kier molecular flexibility index (Phi) is 12.2. The summed E-state index contributed by atoms with van der Waals surface area (Å²) in [6, 6.07) is 28.6. The Morgan fingerprint density at radius 1 is 0.429 bits per heavy atom. The van der Waals surface area contributed by atoms with Crippen LogP contribution in [0.3, 0.4) is 0 Å². The number of rotatable bonds is 14. The van der Waals surface area contributed by atoms with Gasteiger partial charge in [-0.25, -0.2) is 0 Å². The van der Waals surface area contributed by atoms with E-state index in [9.17, 15) is 0 Å². The molecule has 3 aromatic rings. The van der Waals surface area contributed by atoms with Crippen molar-refractivity contribution in [3.05, 3.63) is 95.1 Å². The number of hydrogen-bond acceptors (Lipinski definition) is 0. The lowest BCUT2D eigenvalue weighted by Gasteiger charge is -2.29. The second kappa shape index (κ2) is 16.5. The molecule has 0 saturated heterocycles. The predicted molar refractivity (Wildman–Crippen MR) is 183 cm³/mol. The van der Waals surface area contributed by atoms with E-state index in [2.05, 4.69) is 86.6 Å². The van der Waals surface area contributed by atoms with Gasteiger partial charge in [0.15, 0.2) is 0 Å². The summed E-state index contributed by atoms with van der Waals surface area (Å²) >= 11 is 0. The Labute approximate surface area is 258 Å². The Balaban J connectivity index is 1.05. The minimum atomic E-state index is 0.772. The molecule has 0 N–H and O–H groups in total. The van der Waals surface area contributed by atoms with Crippen LogP contribution in [0.2, 0.25) is 0 Å². The first-order chi connectivity index (χ1) is 20.7. The largest absolute Gasteiger partial charge is 0.0654 e. The van der Waals surface area contributed by atoms with Gasteiger partial charge < -0.3 is 0 Å². The topological polar surface area (TPSA) is 0 Å². The molecule has 42 heavy (non-hydrogen) atoms. The highest BCUT2D eigenvalue weighted by atomic mass is 14.3. The van der Waals surface area contributed by atoms with Crippen molar-refractivity contribution >= 4 is 0 Å². The zero-order chi connectivity index (χ0) is 29.0. The first-order valence-corrected chi connectivity index (χ1v) is 18.0. The van der Waals surface area contributed by atoms with Crippen LogP contribution in [0.5, 0.6) is 0 Å². The van der Waals surface area contributed by atoms with Gasteiger partial charge in [0.2, 0.25) is 0 Å². The average molecular weight is 563 g/mol. The molecular weight excluding hydrogens is 504 g/mol. The fourth-order valence-electron chi connectivity index (χ4n) is 7.99. The summed E-state index contributed by atoms with van der Waals surface area (Å²) in [4.78, 5) is 0. The Bertz CT molecular complexity index is 1140. The SMILES string of the molecule is CCCCC[C@H]1CC[C@H](c2ccc(CCc3ccc(-c4ccc([C@H]5CC[C@H](CCCCC)CC5)cc4)cc3)cc2)CC1.